The summed E-state index contributed by atoms with van der Waals surface area (Å²) in [6.07, 6.45) is 3.98. The summed E-state index contributed by atoms with van der Waals surface area (Å²) in [6.45, 7) is 1.21. The molecule has 0 atom stereocenters. The number of aryl methyl sites for hydroxylation is 1. The van der Waals surface area contributed by atoms with Gasteiger partial charge in [0.1, 0.15) is 12.2 Å². The highest BCUT2D eigenvalue weighted by atomic mass is 35.5. The fourth-order valence-corrected chi connectivity index (χ4v) is 4.72. The van der Waals surface area contributed by atoms with Gasteiger partial charge in [0.25, 0.3) is 0 Å². The molecule has 40 heavy (non-hydrogen) atoms. The Hall–Kier alpha value is -2.95. The Balaban J connectivity index is 1.39. The summed E-state index contributed by atoms with van der Waals surface area (Å²) in [6, 6.07) is 8.12. The molecule has 0 aliphatic carbocycles. The average molecular weight is 632 g/mol. The van der Waals surface area contributed by atoms with Crippen LogP contribution in [-0.2, 0) is 20.7 Å². The number of carbonyl (C=O) groups excluding carboxylic acids is 1. The number of ether oxygens (including phenoxy) is 4. The zero-order valence-corrected chi connectivity index (χ0v) is 24.4. The van der Waals surface area contributed by atoms with Crippen molar-refractivity contribution in [2.24, 2.45) is 0 Å². The molecule has 1 aromatic heterocycles. The minimum Gasteiger partial charge on any atom is -0.490 e. The Morgan fingerprint density at radius 1 is 0.900 bits per heavy atom. The third-order valence-electron chi connectivity index (χ3n) is 5.39. The molecular formula is C27H26Cl4N2O7. The molecule has 0 fully saturated rings. The molecular weight excluding hydrogens is 606 g/mol. The van der Waals surface area contributed by atoms with Crippen molar-refractivity contribution in [2.45, 2.75) is 19.3 Å². The van der Waals surface area contributed by atoms with E-state index in [0.29, 0.717) is 53.2 Å². The van der Waals surface area contributed by atoms with Gasteiger partial charge in [-0.2, -0.15) is 0 Å². The van der Waals surface area contributed by atoms with E-state index >= 15 is 0 Å². The maximum atomic E-state index is 11.4. The fourth-order valence-electron chi connectivity index (χ4n) is 3.48. The molecule has 3 aromatic rings. The number of esters is 1. The lowest BCUT2D eigenvalue weighted by molar-refractivity contribution is -0.140. The molecule has 3 rings (SSSR count). The molecule has 1 heterocycles. The lowest BCUT2D eigenvalue weighted by atomic mass is 10.1. The molecule has 0 bridgehead atoms. The average Bonchev–Trinajstić information content (AvgIpc) is 2.91. The van der Waals surface area contributed by atoms with Crippen LogP contribution < -0.4 is 14.8 Å². The van der Waals surface area contributed by atoms with Gasteiger partial charge in [-0.1, -0.05) is 46.4 Å². The Kier molecular flexibility index (Phi) is 12.4. The zero-order chi connectivity index (χ0) is 29.1. The van der Waals surface area contributed by atoms with Crippen molar-refractivity contribution in [1.29, 1.82) is 0 Å². The van der Waals surface area contributed by atoms with E-state index in [4.69, 9.17) is 60.6 Å². The number of carboxylic acid groups (broad SMARTS) is 1. The molecule has 2 aromatic carbocycles. The number of carboxylic acids is 1. The number of pyridine rings is 1. The van der Waals surface area contributed by atoms with Crippen molar-refractivity contribution in [3.63, 3.8) is 0 Å². The normalized spacial score (nSPS) is 10.7. The van der Waals surface area contributed by atoms with Gasteiger partial charge >= 0.3 is 11.9 Å². The molecule has 13 heteroatoms. The molecule has 0 saturated carbocycles. The molecule has 214 valence electrons. The van der Waals surface area contributed by atoms with Crippen LogP contribution in [0.1, 0.15) is 28.8 Å². The number of rotatable bonds is 15. The highest BCUT2D eigenvalue weighted by molar-refractivity contribution is 6.38. The van der Waals surface area contributed by atoms with Crippen molar-refractivity contribution < 1.29 is 33.6 Å². The first kappa shape index (κ1) is 31.6. The number of benzene rings is 2. The summed E-state index contributed by atoms with van der Waals surface area (Å²) < 4.78 is 21.6. The number of aromatic carboxylic acids is 1. The van der Waals surface area contributed by atoms with E-state index in [9.17, 15) is 14.7 Å². The molecule has 0 spiro atoms. The number of nitrogens with one attached hydrogen (secondary N) is 1. The number of hydrogen-bond acceptors (Lipinski definition) is 8. The topological polar surface area (TPSA) is 116 Å². The number of aromatic nitrogens is 1. The highest BCUT2D eigenvalue weighted by Gasteiger charge is 2.14. The van der Waals surface area contributed by atoms with Gasteiger partial charge in [0, 0.05) is 37.5 Å². The van der Waals surface area contributed by atoms with E-state index in [1.807, 2.05) is 0 Å². The van der Waals surface area contributed by atoms with Crippen molar-refractivity contribution in [3.05, 3.63) is 73.9 Å². The molecule has 0 aliphatic rings. The van der Waals surface area contributed by atoms with E-state index in [2.05, 4.69) is 15.0 Å². The van der Waals surface area contributed by atoms with Crippen LogP contribution in [0.15, 0.2) is 42.7 Å². The standard InChI is InChI=1S/C27H26Cl4N2O7/c1-37-24(34)4-3-16-11-19(28)25(20(29)12-16)39-8-2-7-38-9-10-40-26-21(30)13-17(14-22(26)31)33-23-5-6-32-15-18(23)27(35)36/h5-6,11-15H,2-4,7-10H2,1H3,(H,32,33)(H,35,36). The van der Waals surface area contributed by atoms with Crippen LogP contribution in [0.2, 0.25) is 20.1 Å². The van der Waals surface area contributed by atoms with Gasteiger partial charge in [-0.3, -0.25) is 9.78 Å². The van der Waals surface area contributed by atoms with Gasteiger partial charge in [-0.05, 0) is 42.3 Å². The third kappa shape index (κ3) is 9.31. The quantitative estimate of drug-likeness (QED) is 0.134. The second-order valence-electron chi connectivity index (χ2n) is 8.25. The predicted molar refractivity (Wildman–Crippen MR) is 154 cm³/mol. The summed E-state index contributed by atoms with van der Waals surface area (Å²) in [5.74, 6) is -0.768. The number of methoxy groups -OCH3 is 1. The second-order valence-corrected chi connectivity index (χ2v) is 9.88. The summed E-state index contributed by atoms with van der Waals surface area (Å²) in [7, 11) is 1.34. The maximum absolute atomic E-state index is 11.4. The summed E-state index contributed by atoms with van der Waals surface area (Å²) in [5, 5.41) is 13.5. The molecule has 0 radical (unpaired) electrons. The lowest BCUT2D eigenvalue weighted by Crippen LogP contribution is -2.10. The number of halogens is 4. The van der Waals surface area contributed by atoms with Crippen molar-refractivity contribution in [3.8, 4) is 11.5 Å². The van der Waals surface area contributed by atoms with E-state index in [1.54, 1.807) is 24.3 Å². The molecule has 0 amide bonds. The smallest absolute Gasteiger partial charge is 0.339 e. The number of carbonyl (C=O) groups is 2. The SMILES string of the molecule is COC(=O)CCc1cc(Cl)c(OCCCOCCOc2c(Cl)cc(Nc3ccncc3C(=O)O)cc2Cl)c(Cl)c1. The molecule has 2 N–H and O–H groups in total. The van der Waals surface area contributed by atoms with Crippen LogP contribution in [0.5, 0.6) is 11.5 Å². The van der Waals surface area contributed by atoms with Gasteiger partial charge in [0.2, 0.25) is 0 Å². The van der Waals surface area contributed by atoms with Gasteiger partial charge in [0.05, 0.1) is 46.1 Å². The minimum atomic E-state index is -1.12. The van der Waals surface area contributed by atoms with E-state index in [-0.39, 0.29) is 47.0 Å². The first-order valence-electron chi connectivity index (χ1n) is 12.0. The number of anilines is 2. The Morgan fingerprint density at radius 3 is 2.15 bits per heavy atom. The predicted octanol–water partition coefficient (Wildman–Crippen LogP) is 7.11. The monoisotopic (exact) mass is 630 g/mol. The van der Waals surface area contributed by atoms with E-state index in [1.165, 1.54) is 25.6 Å². The highest BCUT2D eigenvalue weighted by Crippen LogP contribution is 2.37. The van der Waals surface area contributed by atoms with Crippen LogP contribution in [-0.4, -0.2) is 55.6 Å². The van der Waals surface area contributed by atoms with Crippen molar-refractivity contribution in [1.82, 2.24) is 4.98 Å². The van der Waals surface area contributed by atoms with Crippen LogP contribution in [0.25, 0.3) is 0 Å². The lowest BCUT2D eigenvalue weighted by Gasteiger charge is -2.14. The fraction of sp³-hybridized carbons (Fsp3) is 0.296. The van der Waals surface area contributed by atoms with Gasteiger partial charge in [-0.25, -0.2) is 4.79 Å². The largest absolute Gasteiger partial charge is 0.490 e. The third-order valence-corrected chi connectivity index (χ3v) is 6.51. The van der Waals surface area contributed by atoms with Crippen molar-refractivity contribution in [2.75, 3.05) is 38.9 Å². The van der Waals surface area contributed by atoms with Crippen LogP contribution in [0, 0.1) is 0 Å². The molecule has 0 saturated heterocycles. The number of nitrogens with zero attached hydrogens (tertiary/aromatic N) is 1. The molecule has 9 nitrogen and oxygen atoms in total. The Morgan fingerprint density at radius 2 is 1.52 bits per heavy atom. The first-order chi connectivity index (χ1) is 19.2. The van der Waals surface area contributed by atoms with Crippen LogP contribution in [0.4, 0.5) is 11.4 Å². The van der Waals surface area contributed by atoms with Crippen molar-refractivity contribution >= 4 is 69.7 Å². The summed E-state index contributed by atoms with van der Waals surface area (Å²) in [5.41, 5.74) is 1.65. The Labute approximate surface area is 251 Å². The van der Waals surface area contributed by atoms with Crippen LogP contribution in [0.3, 0.4) is 0 Å². The van der Waals surface area contributed by atoms with Gasteiger partial charge < -0.3 is 29.4 Å². The summed E-state index contributed by atoms with van der Waals surface area (Å²) >= 11 is 25.3. The molecule has 0 unspecified atom stereocenters. The number of hydrogen-bond donors (Lipinski definition) is 2. The second kappa shape index (κ2) is 15.7. The summed E-state index contributed by atoms with van der Waals surface area (Å²) in [4.78, 5) is 26.5. The molecule has 0 aliphatic heterocycles. The van der Waals surface area contributed by atoms with Gasteiger partial charge in [-0.15, -0.1) is 0 Å². The van der Waals surface area contributed by atoms with E-state index in [0.717, 1.165) is 5.56 Å². The minimum absolute atomic E-state index is 0.00850. The van der Waals surface area contributed by atoms with Crippen LogP contribution >= 0.6 is 46.4 Å². The zero-order valence-electron chi connectivity index (χ0n) is 21.3. The Bertz CT molecular complexity index is 1290. The van der Waals surface area contributed by atoms with E-state index < -0.39 is 5.97 Å². The first-order valence-corrected chi connectivity index (χ1v) is 13.5. The maximum Gasteiger partial charge on any atom is 0.339 e. The van der Waals surface area contributed by atoms with Gasteiger partial charge in [0.15, 0.2) is 11.5 Å².